The van der Waals surface area contributed by atoms with Crippen LogP contribution in [0.5, 0.6) is 11.5 Å². The monoisotopic (exact) mass is 337 g/mol. The first-order valence-electron chi connectivity index (χ1n) is 6.51. The predicted octanol–water partition coefficient (Wildman–Crippen LogP) is 1.10. The van der Waals surface area contributed by atoms with Crippen LogP contribution in [0.15, 0.2) is 10.8 Å². The molecule has 2 heterocycles. The molecule has 0 aliphatic carbocycles. The zero-order valence-corrected chi connectivity index (χ0v) is 14.0. The molecule has 21 heavy (non-hydrogen) atoms. The Morgan fingerprint density at radius 2 is 2.10 bits per heavy atom. The van der Waals surface area contributed by atoms with Crippen LogP contribution in [0.2, 0.25) is 0 Å². The zero-order valence-electron chi connectivity index (χ0n) is 12.3. The number of hydrogen-bond acceptors (Lipinski definition) is 7. The van der Waals surface area contributed by atoms with Crippen LogP contribution < -0.4 is 14.4 Å². The van der Waals surface area contributed by atoms with Crippen molar-refractivity contribution in [3.8, 4) is 11.5 Å². The molecule has 0 fully saturated rings. The lowest BCUT2D eigenvalue weighted by molar-refractivity contribution is -0.870. The van der Waals surface area contributed by atoms with Crippen LogP contribution in [0.1, 0.15) is 0 Å². The van der Waals surface area contributed by atoms with E-state index in [0.29, 0.717) is 22.5 Å². The summed E-state index contributed by atoms with van der Waals surface area (Å²) in [6, 6.07) is 0. The van der Waals surface area contributed by atoms with Crippen molar-refractivity contribution in [2.75, 3.05) is 47.5 Å². The Bertz CT molecular complexity index is 514. The van der Waals surface area contributed by atoms with Gasteiger partial charge in [0.1, 0.15) is 19.8 Å². The molecular weight excluding hydrogens is 317 g/mol. The van der Waals surface area contributed by atoms with E-state index in [9.17, 15) is 9.46 Å². The van der Waals surface area contributed by atoms with E-state index >= 15 is 0 Å². The molecule has 0 spiro atoms. The van der Waals surface area contributed by atoms with Gasteiger partial charge in [0.2, 0.25) is 0 Å². The molecule has 1 aliphatic rings. The van der Waals surface area contributed by atoms with Crippen LogP contribution in [0.25, 0.3) is 0 Å². The Hall–Kier alpha value is -0.630. The summed E-state index contributed by atoms with van der Waals surface area (Å²) < 4.78 is 32.9. The number of likely N-dealkylation sites (N-methyl/N-ethyl adjacent to an activating group) is 1. The molecule has 1 aliphatic heterocycles. The van der Waals surface area contributed by atoms with Gasteiger partial charge >= 0.3 is 0 Å². The Morgan fingerprint density at radius 1 is 1.38 bits per heavy atom. The van der Waals surface area contributed by atoms with Gasteiger partial charge in [0.25, 0.3) is 7.82 Å². The number of quaternary nitrogens is 1. The van der Waals surface area contributed by atoms with Gasteiger partial charge in [-0.05, 0) is 0 Å². The smallest absolute Gasteiger partial charge is 0.268 e. The average Bonchev–Trinajstić information content (AvgIpc) is 2.82. The minimum Gasteiger partial charge on any atom is -0.756 e. The van der Waals surface area contributed by atoms with Crippen molar-refractivity contribution in [2.45, 2.75) is 6.10 Å². The lowest BCUT2D eigenvalue weighted by atomic mass is 10.3. The molecule has 0 saturated carbocycles. The van der Waals surface area contributed by atoms with Gasteiger partial charge in [-0.1, -0.05) is 0 Å². The third-order valence-corrected chi connectivity index (χ3v) is 4.41. The molecular formula is C12H20NO6PS. The second-order valence-corrected chi connectivity index (χ2v) is 7.90. The molecule has 2 unspecified atom stereocenters. The number of phosphoric ester groups is 1. The summed E-state index contributed by atoms with van der Waals surface area (Å²) in [6.07, 6.45) is -0.462. The second kappa shape index (κ2) is 6.64. The fraction of sp³-hybridized carbons (Fsp3) is 0.667. The van der Waals surface area contributed by atoms with Gasteiger partial charge in [-0.25, -0.2) is 0 Å². The zero-order chi connectivity index (χ0) is 15.5. The molecule has 2 atom stereocenters. The fourth-order valence-electron chi connectivity index (χ4n) is 1.58. The van der Waals surface area contributed by atoms with E-state index in [-0.39, 0.29) is 19.8 Å². The van der Waals surface area contributed by atoms with E-state index < -0.39 is 13.9 Å². The van der Waals surface area contributed by atoms with Crippen LogP contribution >= 0.6 is 19.2 Å². The maximum absolute atomic E-state index is 11.6. The van der Waals surface area contributed by atoms with Crippen molar-refractivity contribution in [1.82, 2.24) is 0 Å². The first-order chi connectivity index (χ1) is 9.75. The van der Waals surface area contributed by atoms with Gasteiger partial charge in [-0.2, -0.15) is 0 Å². The molecule has 9 heteroatoms. The van der Waals surface area contributed by atoms with Crippen molar-refractivity contribution >= 4 is 19.2 Å². The molecule has 7 nitrogen and oxygen atoms in total. The third-order valence-electron chi connectivity index (χ3n) is 2.74. The van der Waals surface area contributed by atoms with E-state index in [4.69, 9.17) is 18.5 Å². The third kappa shape index (κ3) is 5.58. The average molecular weight is 337 g/mol. The number of phosphoric acid groups is 1. The molecule has 120 valence electrons. The number of fused-ring (bicyclic) bond motifs is 1. The molecule has 0 bridgehead atoms. The van der Waals surface area contributed by atoms with E-state index in [0.717, 1.165) is 0 Å². The number of hydrogen-bond donors (Lipinski definition) is 0. The molecule has 0 aromatic carbocycles. The first-order valence-corrected chi connectivity index (χ1v) is 8.92. The Kier molecular flexibility index (Phi) is 5.29. The van der Waals surface area contributed by atoms with Crippen LogP contribution in [0.3, 0.4) is 0 Å². The topological polar surface area (TPSA) is 77.1 Å². The molecule has 0 amide bonds. The van der Waals surface area contributed by atoms with Crippen molar-refractivity contribution in [3.63, 3.8) is 0 Å². The van der Waals surface area contributed by atoms with Crippen molar-refractivity contribution < 1.29 is 32.5 Å². The summed E-state index contributed by atoms with van der Waals surface area (Å²) in [4.78, 5) is 11.6. The van der Waals surface area contributed by atoms with Gasteiger partial charge in [0, 0.05) is 10.8 Å². The number of thiophene rings is 1. The molecule has 1 aromatic heterocycles. The predicted molar refractivity (Wildman–Crippen MR) is 76.6 cm³/mol. The normalized spacial score (nSPS) is 21.0. The van der Waals surface area contributed by atoms with Gasteiger partial charge < -0.3 is 27.9 Å². The molecule has 2 rings (SSSR count). The van der Waals surface area contributed by atoms with Gasteiger partial charge in [0.05, 0.1) is 27.7 Å². The second-order valence-electron chi connectivity index (χ2n) is 5.74. The Labute approximate surface area is 128 Å². The van der Waals surface area contributed by atoms with Crippen LogP contribution in [-0.4, -0.2) is 58.1 Å². The van der Waals surface area contributed by atoms with Crippen LogP contribution in [-0.2, 0) is 13.6 Å². The van der Waals surface area contributed by atoms with Crippen LogP contribution in [0.4, 0.5) is 0 Å². The summed E-state index contributed by atoms with van der Waals surface area (Å²) in [5, 5.41) is 3.63. The summed E-state index contributed by atoms with van der Waals surface area (Å²) in [7, 11) is 1.54. The summed E-state index contributed by atoms with van der Waals surface area (Å²) in [5.74, 6) is 1.30. The maximum atomic E-state index is 11.6. The van der Waals surface area contributed by atoms with E-state index in [2.05, 4.69) is 0 Å². The quantitative estimate of drug-likeness (QED) is 0.548. The summed E-state index contributed by atoms with van der Waals surface area (Å²) in [6.45, 7) is 0.779. The van der Waals surface area contributed by atoms with E-state index in [1.165, 1.54) is 11.3 Å². The molecule has 0 saturated heterocycles. The maximum Gasteiger partial charge on any atom is 0.268 e. The van der Waals surface area contributed by atoms with Crippen molar-refractivity contribution in [1.29, 1.82) is 0 Å². The number of rotatable bonds is 7. The van der Waals surface area contributed by atoms with E-state index in [1.54, 1.807) is 5.38 Å². The molecule has 0 radical (unpaired) electrons. The van der Waals surface area contributed by atoms with Crippen molar-refractivity contribution in [2.24, 2.45) is 0 Å². The highest BCUT2D eigenvalue weighted by atomic mass is 32.1. The van der Waals surface area contributed by atoms with Crippen LogP contribution in [0, 0.1) is 0 Å². The minimum atomic E-state index is -4.31. The Balaban J connectivity index is 1.73. The van der Waals surface area contributed by atoms with Gasteiger partial charge in [-0.15, -0.1) is 11.3 Å². The summed E-state index contributed by atoms with van der Waals surface area (Å²) in [5.41, 5.74) is 0. The highest BCUT2D eigenvalue weighted by molar-refractivity contribution is 7.45. The van der Waals surface area contributed by atoms with E-state index in [1.807, 2.05) is 26.5 Å². The SMILES string of the molecule is C[N+](C)(C)CCOP(=O)([O-])OCC1COc2cscc2O1. The minimum absolute atomic E-state index is 0.0843. The number of nitrogens with zero attached hydrogens (tertiary/aromatic N) is 1. The summed E-state index contributed by atoms with van der Waals surface area (Å²) >= 11 is 1.46. The fourth-order valence-corrected chi connectivity index (χ4v) is 2.98. The molecule has 0 N–H and O–H groups in total. The number of ether oxygens (including phenoxy) is 2. The van der Waals surface area contributed by atoms with Gasteiger partial charge in [-0.3, -0.25) is 4.57 Å². The lowest BCUT2D eigenvalue weighted by Crippen LogP contribution is -2.38. The van der Waals surface area contributed by atoms with Crippen molar-refractivity contribution in [3.05, 3.63) is 10.8 Å². The lowest BCUT2D eigenvalue weighted by Gasteiger charge is -2.29. The first kappa shape index (κ1) is 16.7. The van der Waals surface area contributed by atoms with Gasteiger partial charge in [0.15, 0.2) is 17.6 Å². The highest BCUT2D eigenvalue weighted by Gasteiger charge is 2.24. The molecule has 1 aromatic rings. The standard InChI is InChI=1S/C12H20NO6PS/c1-13(2,3)4-5-17-20(14,15)18-7-10-6-16-11-8-21-9-12(11)19-10/h8-10H,4-7H2,1-3H3. The largest absolute Gasteiger partial charge is 0.756 e. The highest BCUT2D eigenvalue weighted by Crippen LogP contribution is 2.40. The Morgan fingerprint density at radius 3 is 2.81 bits per heavy atom.